The van der Waals surface area contributed by atoms with Gasteiger partial charge in [0.05, 0.1) is 18.4 Å². The van der Waals surface area contributed by atoms with Crippen LogP contribution in [0.25, 0.3) is 11.5 Å². The Morgan fingerprint density at radius 1 is 1.38 bits per heavy atom. The second-order valence-corrected chi connectivity index (χ2v) is 3.41. The van der Waals surface area contributed by atoms with E-state index in [4.69, 9.17) is 9.52 Å². The summed E-state index contributed by atoms with van der Waals surface area (Å²) in [5.74, 6) is -0.433. The number of carboxylic acids is 1. The zero-order valence-corrected chi connectivity index (χ0v) is 8.67. The predicted molar refractivity (Wildman–Crippen MR) is 55.8 cm³/mol. The van der Waals surface area contributed by atoms with E-state index in [0.717, 1.165) is 5.69 Å². The second kappa shape index (κ2) is 4.14. The van der Waals surface area contributed by atoms with E-state index in [0.29, 0.717) is 17.0 Å². The maximum atomic E-state index is 10.6. The average molecular weight is 218 g/mol. The van der Waals surface area contributed by atoms with E-state index in [1.165, 1.54) is 6.26 Å². The van der Waals surface area contributed by atoms with Crippen LogP contribution in [0.4, 0.5) is 0 Å². The van der Waals surface area contributed by atoms with Crippen molar-refractivity contribution in [2.45, 2.75) is 13.3 Å². The van der Waals surface area contributed by atoms with Crippen molar-refractivity contribution in [3.05, 3.63) is 35.7 Å². The Morgan fingerprint density at radius 2 is 2.19 bits per heavy atom. The van der Waals surface area contributed by atoms with Crippen LogP contribution in [0, 0.1) is 6.92 Å². The molecule has 5 nitrogen and oxygen atoms in total. The Balaban J connectivity index is 2.36. The fraction of sp³-hybridized carbons (Fsp3) is 0.182. The highest BCUT2D eigenvalue weighted by molar-refractivity contribution is 5.73. The van der Waals surface area contributed by atoms with Crippen molar-refractivity contribution in [3.8, 4) is 11.5 Å². The Kier molecular flexibility index (Phi) is 2.68. The quantitative estimate of drug-likeness (QED) is 0.847. The van der Waals surface area contributed by atoms with Gasteiger partial charge in [0.15, 0.2) is 5.76 Å². The number of aryl methyl sites for hydroxylation is 1. The highest BCUT2D eigenvalue weighted by atomic mass is 16.4. The first-order valence-corrected chi connectivity index (χ1v) is 4.75. The molecule has 2 aromatic heterocycles. The van der Waals surface area contributed by atoms with Gasteiger partial charge in [0.2, 0.25) is 0 Å². The monoisotopic (exact) mass is 218 g/mol. The molecule has 82 valence electrons. The van der Waals surface area contributed by atoms with Gasteiger partial charge in [0, 0.05) is 5.56 Å². The van der Waals surface area contributed by atoms with Crippen LogP contribution in [0.2, 0.25) is 0 Å². The molecule has 2 rings (SSSR count). The highest BCUT2D eigenvalue weighted by Gasteiger charge is 2.13. The first-order valence-electron chi connectivity index (χ1n) is 4.75. The lowest BCUT2D eigenvalue weighted by atomic mass is 10.1. The van der Waals surface area contributed by atoms with Crippen LogP contribution in [0.1, 0.15) is 11.3 Å². The molecule has 0 spiro atoms. The Bertz CT molecular complexity index is 502. The van der Waals surface area contributed by atoms with Gasteiger partial charge in [-0.15, -0.1) is 5.10 Å². The van der Waals surface area contributed by atoms with Crippen molar-refractivity contribution >= 4 is 5.97 Å². The Labute approximate surface area is 91.7 Å². The van der Waals surface area contributed by atoms with Gasteiger partial charge in [-0.1, -0.05) is 0 Å². The maximum absolute atomic E-state index is 10.6. The molecule has 0 unspecified atom stereocenters. The number of rotatable bonds is 3. The van der Waals surface area contributed by atoms with Gasteiger partial charge < -0.3 is 9.52 Å². The van der Waals surface area contributed by atoms with Crippen molar-refractivity contribution in [1.29, 1.82) is 0 Å². The molecule has 0 aliphatic rings. The van der Waals surface area contributed by atoms with Gasteiger partial charge in [-0.25, -0.2) is 0 Å². The minimum absolute atomic E-state index is 0.0820. The van der Waals surface area contributed by atoms with E-state index in [-0.39, 0.29) is 6.42 Å². The summed E-state index contributed by atoms with van der Waals surface area (Å²) in [5, 5.41) is 16.6. The molecule has 0 aliphatic carbocycles. The minimum atomic E-state index is -0.900. The molecule has 0 aromatic carbocycles. The van der Waals surface area contributed by atoms with E-state index in [1.807, 2.05) is 6.92 Å². The summed E-state index contributed by atoms with van der Waals surface area (Å²) in [6.07, 6.45) is 1.37. The van der Waals surface area contributed by atoms with E-state index in [1.54, 1.807) is 18.2 Å². The second-order valence-electron chi connectivity index (χ2n) is 3.41. The smallest absolute Gasteiger partial charge is 0.307 e. The number of hydrogen-bond acceptors (Lipinski definition) is 4. The van der Waals surface area contributed by atoms with E-state index >= 15 is 0 Å². The van der Waals surface area contributed by atoms with Crippen molar-refractivity contribution < 1.29 is 14.3 Å². The zero-order chi connectivity index (χ0) is 11.5. The van der Waals surface area contributed by atoms with Crippen LogP contribution in [0.15, 0.2) is 28.9 Å². The molecule has 0 aliphatic heterocycles. The molecule has 16 heavy (non-hydrogen) atoms. The molecule has 0 saturated carbocycles. The summed E-state index contributed by atoms with van der Waals surface area (Å²) in [6, 6.07) is 5.19. The number of nitrogens with zero attached hydrogens (tertiary/aromatic N) is 2. The molecule has 0 saturated heterocycles. The molecule has 0 radical (unpaired) electrons. The molecular weight excluding hydrogens is 208 g/mol. The van der Waals surface area contributed by atoms with Crippen LogP contribution in [0.5, 0.6) is 0 Å². The number of carboxylic acid groups (broad SMARTS) is 1. The van der Waals surface area contributed by atoms with Crippen molar-refractivity contribution in [2.75, 3.05) is 0 Å². The zero-order valence-electron chi connectivity index (χ0n) is 8.67. The molecule has 2 aromatic rings. The summed E-state index contributed by atoms with van der Waals surface area (Å²) in [6.45, 7) is 1.83. The van der Waals surface area contributed by atoms with Crippen molar-refractivity contribution in [2.24, 2.45) is 0 Å². The highest BCUT2D eigenvalue weighted by Crippen LogP contribution is 2.22. The average Bonchev–Trinajstić information content (AvgIpc) is 2.66. The van der Waals surface area contributed by atoms with Crippen LogP contribution in [-0.4, -0.2) is 21.3 Å². The van der Waals surface area contributed by atoms with E-state index in [2.05, 4.69) is 10.2 Å². The topological polar surface area (TPSA) is 76.2 Å². The molecule has 1 N–H and O–H groups in total. The molecule has 0 atom stereocenters. The molecular formula is C11H10N2O3. The van der Waals surface area contributed by atoms with Crippen LogP contribution in [0.3, 0.4) is 0 Å². The third-order valence-corrected chi connectivity index (χ3v) is 2.12. The lowest BCUT2D eigenvalue weighted by Gasteiger charge is -1.99. The largest absolute Gasteiger partial charge is 0.481 e. The maximum Gasteiger partial charge on any atom is 0.307 e. The number of carbonyl (C=O) groups is 1. The lowest BCUT2D eigenvalue weighted by molar-refractivity contribution is -0.136. The molecule has 0 fully saturated rings. The van der Waals surface area contributed by atoms with Gasteiger partial charge in [0.25, 0.3) is 0 Å². The van der Waals surface area contributed by atoms with Crippen molar-refractivity contribution in [3.63, 3.8) is 0 Å². The normalized spacial score (nSPS) is 10.3. The summed E-state index contributed by atoms with van der Waals surface area (Å²) in [7, 11) is 0. The third-order valence-electron chi connectivity index (χ3n) is 2.12. The van der Waals surface area contributed by atoms with Gasteiger partial charge in [-0.2, -0.15) is 5.10 Å². The summed E-state index contributed by atoms with van der Waals surface area (Å²) in [5.41, 5.74) is 1.95. The predicted octanol–water partition coefficient (Wildman–Crippen LogP) is 1.67. The van der Waals surface area contributed by atoms with Crippen LogP contribution < -0.4 is 0 Å². The van der Waals surface area contributed by atoms with Gasteiger partial charge in [0.1, 0.15) is 5.69 Å². The number of aromatic nitrogens is 2. The van der Waals surface area contributed by atoms with Gasteiger partial charge >= 0.3 is 5.97 Å². The van der Waals surface area contributed by atoms with Gasteiger partial charge in [-0.05, 0) is 25.1 Å². The third kappa shape index (κ3) is 2.08. The van der Waals surface area contributed by atoms with Crippen LogP contribution in [-0.2, 0) is 11.2 Å². The van der Waals surface area contributed by atoms with E-state index < -0.39 is 5.97 Å². The Hall–Kier alpha value is -2.17. The molecule has 2 heterocycles. The van der Waals surface area contributed by atoms with Crippen LogP contribution >= 0.6 is 0 Å². The number of hydrogen-bond donors (Lipinski definition) is 1. The first kappa shape index (κ1) is 10.4. The number of aliphatic carboxylic acids is 1. The fourth-order valence-corrected chi connectivity index (χ4v) is 1.38. The number of furan rings is 1. The summed E-state index contributed by atoms with van der Waals surface area (Å²) < 4.78 is 5.23. The first-order chi connectivity index (χ1) is 7.66. The lowest BCUT2D eigenvalue weighted by Crippen LogP contribution is -2.00. The summed E-state index contributed by atoms with van der Waals surface area (Å²) >= 11 is 0. The molecule has 0 bridgehead atoms. The fourth-order valence-electron chi connectivity index (χ4n) is 1.38. The van der Waals surface area contributed by atoms with Crippen molar-refractivity contribution in [1.82, 2.24) is 10.2 Å². The molecule has 5 heteroatoms. The standard InChI is InChI=1S/C11H10N2O3/c1-7-2-3-9(13-12-7)11-8(4-5-16-11)6-10(14)15/h2-5H,6H2,1H3,(H,14,15). The summed E-state index contributed by atoms with van der Waals surface area (Å²) in [4.78, 5) is 10.6. The van der Waals surface area contributed by atoms with Gasteiger partial charge in [-0.3, -0.25) is 4.79 Å². The minimum Gasteiger partial charge on any atom is -0.481 e. The van der Waals surface area contributed by atoms with E-state index in [9.17, 15) is 4.79 Å². The Morgan fingerprint density at radius 3 is 2.81 bits per heavy atom. The SMILES string of the molecule is Cc1ccc(-c2occc2CC(=O)O)nn1. The molecule has 0 amide bonds.